The molecule has 104 valence electrons. The number of esters is 1. The van der Waals surface area contributed by atoms with Gasteiger partial charge in [-0.1, -0.05) is 27.4 Å². The number of carbonyl (C=O) groups excluding carboxylic acids is 1. The van der Waals surface area contributed by atoms with Crippen LogP contribution in [0.5, 0.6) is 0 Å². The Bertz CT molecular complexity index is 345. The molecule has 0 aromatic carbocycles. The van der Waals surface area contributed by atoms with Gasteiger partial charge in [-0.2, -0.15) is 13.2 Å². The highest BCUT2D eigenvalue weighted by Crippen LogP contribution is 2.40. The van der Waals surface area contributed by atoms with Crippen molar-refractivity contribution in [3.63, 3.8) is 0 Å². The lowest BCUT2D eigenvalue weighted by atomic mass is 9.71. The van der Waals surface area contributed by atoms with Crippen LogP contribution in [0.15, 0.2) is 12.2 Å². The van der Waals surface area contributed by atoms with Crippen molar-refractivity contribution in [1.29, 1.82) is 0 Å². The first kappa shape index (κ1) is 15.1. The van der Waals surface area contributed by atoms with E-state index in [1.165, 1.54) is 0 Å². The second-order valence-corrected chi connectivity index (χ2v) is 5.92. The molecule has 0 aliphatic heterocycles. The van der Waals surface area contributed by atoms with Gasteiger partial charge in [0.15, 0.2) is 0 Å². The molecule has 2 nitrogen and oxygen atoms in total. The average Bonchev–Trinajstić information content (AvgIpc) is 2.11. The molecule has 0 bridgehead atoms. The van der Waals surface area contributed by atoms with E-state index in [1.54, 1.807) is 0 Å². The summed E-state index contributed by atoms with van der Waals surface area (Å²) in [6.07, 6.45) is -2.97. The van der Waals surface area contributed by atoms with Crippen molar-refractivity contribution in [2.45, 2.75) is 52.3 Å². The summed E-state index contributed by atoms with van der Waals surface area (Å²) < 4.78 is 41.8. The maximum absolute atomic E-state index is 12.3. The zero-order valence-electron chi connectivity index (χ0n) is 10.9. The lowest BCUT2D eigenvalue weighted by molar-refractivity contribution is -0.159. The normalized spacial score (nSPS) is 27.7. The Morgan fingerprint density at radius 2 is 1.89 bits per heavy atom. The van der Waals surface area contributed by atoms with Gasteiger partial charge < -0.3 is 4.74 Å². The molecule has 0 amide bonds. The second kappa shape index (κ2) is 4.94. The van der Waals surface area contributed by atoms with Crippen molar-refractivity contribution in [2.24, 2.45) is 11.3 Å². The number of rotatable bonds is 2. The molecular weight excluding hydrogens is 245 g/mol. The number of ether oxygens (including phenoxy) is 1. The van der Waals surface area contributed by atoms with Gasteiger partial charge in [0.1, 0.15) is 11.7 Å². The van der Waals surface area contributed by atoms with Crippen molar-refractivity contribution >= 4 is 5.97 Å². The van der Waals surface area contributed by atoms with Gasteiger partial charge in [-0.3, -0.25) is 0 Å². The maximum Gasteiger partial charge on any atom is 0.422 e. The number of hydrogen-bond donors (Lipinski definition) is 0. The van der Waals surface area contributed by atoms with Crippen molar-refractivity contribution in [3.05, 3.63) is 12.2 Å². The van der Waals surface area contributed by atoms with E-state index in [1.807, 2.05) is 20.8 Å². The van der Waals surface area contributed by atoms with Gasteiger partial charge >= 0.3 is 12.1 Å². The van der Waals surface area contributed by atoms with E-state index < -0.39 is 23.8 Å². The first-order chi connectivity index (χ1) is 8.01. The van der Waals surface area contributed by atoms with Crippen LogP contribution in [0.25, 0.3) is 0 Å². The Morgan fingerprint density at radius 1 is 1.33 bits per heavy atom. The number of halogens is 3. The number of hydrogen-bond acceptors (Lipinski definition) is 2. The van der Waals surface area contributed by atoms with Crippen LogP contribution in [0.3, 0.4) is 0 Å². The molecule has 0 unspecified atom stereocenters. The van der Waals surface area contributed by atoms with E-state index in [2.05, 4.69) is 6.58 Å². The third kappa shape index (κ3) is 4.03. The largest absolute Gasteiger partial charge is 0.459 e. The highest BCUT2D eigenvalue weighted by atomic mass is 19.4. The van der Waals surface area contributed by atoms with Crippen molar-refractivity contribution in [1.82, 2.24) is 0 Å². The molecule has 0 aromatic rings. The molecule has 0 N–H and O–H groups in total. The van der Waals surface area contributed by atoms with Crippen LogP contribution in [0.2, 0.25) is 0 Å². The molecule has 1 rings (SSSR count). The molecule has 1 saturated carbocycles. The van der Waals surface area contributed by atoms with Crippen LogP contribution in [0, 0.1) is 11.3 Å². The van der Waals surface area contributed by atoms with Crippen LogP contribution in [-0.2, 0) is 9.53 Å². The Labute approximate surface area is 105 Å². The summed E-state index contributed by atoms with van der Waals surface area (Å²) in [7, 11) is 0. The van der Waals surface area contributed by atoms with E-state index in [0.717, 1.165) is 6.42 Å². The monoisotopic (exact) mass is 264 g/mol. The SMILES string of the molecule is C=C(C(=O)O[C@H]1C[C@H](C)CC(C)(C)C1)C(F)(F)F. The highest BCUT2D eigenvalue weighted by molar-refractivity contribution is 5.89. The van der Waals surface area contributed by atoms with E-state index >= 15 is 0 Å². The van der Waals surface area contributed by atoms with Gasteiger partial charge in [0.25, 0.3) is 0 Å². The van der Waals surface area contributed by atoms with E-state index in [-0.39, 0.29) is 5.41 Å². The maximum atomic E-state index is 12.3. The van der Waals surface area contributed by atoms with Gasteiger partial charge in [-0.15, -0.1) is 0 Å². The van der Waals surface area contributed by atoms with E-state index in [0.29, 0.717) is 18.8 Å². The minimum absolute atomic E-state index is 0.0117. The van der Waals surface area contributed by atoms with Crippen LogP contribution in [-0.4, -0.2) is 18.2 Å². The zero-order valence-corrected chi connectivity index (χ0v) is 10.9. The highest BCUT2D eigenvalue weighted by Gasteiger charge is 2.40. The van der Waals surface area contributed by atoms with Crippen LogP contribution < -0.4 is 0 Å². The lowest BCUT2D eigenvalue weighted by Crippen LogP contribution is -2.35. The van der Waals surface area contributed by atoms with Crippen molar-refractivity contribution in [3.8, 4) is 0 Å². The van der Waals surface area contributed by atoms with Crippen molar-refractivity contribution in [2.75, 3.05) is 0 Å². The first-order valence-corrected chi connectivity index (χ1v) is 5.98. The standard InChI is InChI=1S/C13H19F3O2/c1-8-5-10(7-12(3,4)6-8)18-11(17)9(2)13(14,15)16/h8,10H,2,5-7H2,1,3-4H3/t8-,10-/m0/s1. The van der Waals surface area contributed by atoms with E-state index in [9.17, 15) is 18.0 Å². The third-order valence-corrected chi connectivity index (χ3v) is 3.21. The predicted octanol–water partition coefficient (Wildman–Crippen LogP) is 3.86. The summed E-state index contributed by atoms with van der Waals surface area (Å²) in [5.41, 5.74) is -1.44. The number of carbonyl (C=O) groups is 1. The summed E-state index contributed by atoms with van der Waals surface area (Å²) in [6.45, 7) is 8.82. The Hall–Kier alpha value is -1.00. The molecule has 1 fully saturated rings. The minimum atomic E-state index is -4.72. The average molecular weight is 264 g/mol. The van der Waals surface area contributed by atoms with Gasteiger partial charge in [-0.05, 0) is 30.6 Å². The second-order valence-electron chi connectivity index (χ2n) is 5.92. The lowest BCUT2D eigenvalue weighted by Gasteiger charge is -2.38. The quantitative estimate of drug-likeness (QED) is 0.559. The summed E-state index contributed by atoms with van der Waals surface area (Å²) in [6, 6.07) is 0. The van der Waals surface area contributed by atoms with E-state index in [4.69, 9.17) is 4.74 Å². The zero-order chi connectivity index (χ0) is 14.1. The summed E-state index contributed by atoms with van der Waals surface area (Å²) in [5.74, 6) is -1.01. The molecule has 5 heteroatoms. The topological polar surface area (TPSA) is 26.3 Å². The minimum Gasteiger partial charge on any atom is -0.459 e. The fourth-order valence-electron chi connectivity index (χ4n) is 2.69. The van der Waals surface area contributed by atoms with Gasteiger partial charge in [0, 0.05) is 0 Å². The Kier molecular flexibility index (Phi) is 4.13. The van der Waals surface area contributed by atoms with Crippen LogP contribution in [0.1, 0.15) is 40.0 Å². The van der Waals surface area contributed by atoms with Gasteiger partial charge in [0.05, 0.1) is 0 Å². The molecule has 2 atom stereocenters. The third-order valence-electron chi connectivity index (χ3n) is 3.21. The Morgan fingerprint density at radius 3 is 2.33 bits per heavy atom. The van der Waals surface area contributed by atoms with Gasteiger partial charge in [0.2, 0.25) is 0 Å². The fourth-order valence-corrected chi connectivity index (χ4v) is 2.69. The van der Waals surface area contributed by atoms with Gasteiger partial charge in [-0.25, -0.2) is 4.79 Å². The molecule has 0 radical (unpaired) electrons. The summed E-state index contributed by atoms with van der Waals surface area (Å²) >= 11 is 0. The summed E-state index contributed by atoms with van der Waals surface area (Å²) in [5, 5.41) is 0. The predicted molar refractivity (Wildman–Crippen MR) is 61.9 cm³/mol. The molecule has 1 aliphatic carbocycles. The molecule has 0 spiro atoms. The summed E-state index contributed by atoms with van der Waals surface area (Å²) in [4.78, 5) is 11.3. The smallest absolute Gasteiger partial charge is 0.422 e. The molecule has 0 saturated heterocycles. The molecule has 0 heterocycles. The van der Waals surface area contributed by atoms with Crippen LogP contribution >= 0.6 is 0 Å². The number of alkyl halides is 3. The first-order valence-electron chi connectivity index (χ1n) is 5.98. The fraction of sp³-hybridized carbons (Fsp3) is 0.769. The molecule has 1 aliphatic rings. The molecule has 18 heavy (non-hydrogen) atoms. The molecular formula is C13H19F3O2. The van der Waals surface area contributed by atoms with Crippen LogP contribution in [0.4, 0.5) is 13.2 Å². The Balaban J connectivity index is 2.63. The molecule has 0 aromatic heterocycles. The van der Waals surface area contributed by atoms with Crippen molar-refractivity contribution < 1.29 is 22.7 Å².